The van der Waals surface area contributed by atoms with Gasteiger partial charge in [-0.1, -0.05) is 0 Å². The molecule has 1 N–H and O–H groups in total. The predicted octanol–water partition coefficient (Wildman–Crippen LogP) is 2.41. The van der Waals surface area contributed by atoms with Crippen molar-refractivity contribution in [1.29, 1.82) is 0 Å². The molecular formula is C13H23N3S. The lowest BCUT2D eigenvalue weighted by atomic mass is 9.97. The van der Waals surface area contributed by atoms with Crippen LogP contribution in [0.25, 0.3) is 0 Å². The highest BCUT2D eigenvalue weighted by Gasteiger charge is 2.25. The molecule has 0 aliphatic carbocycles. The minimum Gasteiger partial charge on any atom is -0.310 e. The fraction of sp³-hybridized carbons (Fsp3) is 0.769. The van der Waals surface area contributed by atoms with E-state index < -0.39 is 0 Å². The van der Waals surface area contributed by atoms with Gasteiger partial charge in [-0.25, -0.2) is 4.98 Å². The molecule has 0 saturated carbocycles. The van der Waals surface area contributed by atoms with Crippen LogP contribution in [-0.2, 0) is 5.54 Å². The quantitative estimate of drug-likeness (QED) is 0.896. The molecule has 0 bridgehead atoms. The first-order valence-corrected chi connectivity index (χ1v) is 7.24. The molecule has 1 fully saturated rings. The minimum atomic E-state index is -0.0137. The van der Waals surface area contributed by atoms with Crippen LogP contribution in [-0.4, -0.2) is 37.1 Å². The van der Waals surface area contributed by atoms with E-state index in [9.17, 15) is 0 Å². The van der Waals surface area contributed by atoms with Gasteiger partial charge in [0.15, 0.2) is 0 Å². The number of likely N-dealkylation sites (tertiary alicyclic amines) is 1. The van der Waals surface area contributed by atoms with Gasteiger partial charge in [0.1, 0.15) is 0 Å². The van der Waals surface area contributed by atoms with Gasteiger partial charge in [-0.05, 0) is 53.9 Å². The second kappa shape index (κ2) is 5.04. The smallest absolute Gasteiger partial charge is 0.0961 e. The zero-order valence-corrected chi connectivity index (χ0v) is 12.1. The van der Waals surface area contributed by atoms with Crippen molar-refractivity contribution in [3.63, 3.8) is 0 Å². The summed E-state index contributed by atoms with van der Waals surface area (Å²) in [6, 6.07) is 0. The highest BCUT2D eigenvalue weighted by Crippen LogP contribution is 2.32. The van der Waals surface area contributed by atoms with Crippen molar-refractivity contribution >= 4 is 11.3 Å². The van der Waals surface area contributed by atoms with E-state index >= 15 is 0 Å². The first kappa shape index (κ1) is 13.0. The fourth-order valence-corrected chi connectivity index (χ4v) is 3.30. The van der Waals surface area contributed by atoms with E-state index in [1.54, 1.807) is 0 Å². The first-order valence-electron chi connectivity index (χ1n) is 6.36. The van der Waals surface area contributed by atoms with Crippen LogP contribution in [0.4, 0.5) is 0 Å². The SMILES string of the molecule is CNC(C)(C)c1csc(C2CCN(C)CC2)n1. The maximum absolute atomic E-state index is 4.84. The van der Waals surface area contributed by atoms with Gasteiger partial charge in [0.2, 0.25) is 0 Å². The summed E-state index contributed by atoms with van der Waals surface area (Å²) >= 11 is 1.83. The number of hydrogen-bond donors (Lipinski definition) is 1. The average Bonchev–Trinajstić information content (AvgIpc) is 2.80. The van der Waals surface area contributed by atoms with Crippen LogP contribution in [0.5, 0.6) is 0 Å². The van der Waals surface area contributed by atoms with E-state index in [1.165, 1.54) is 36.6 Å². The van der Waals surface area contributed by atoms with E-state index in [-0.39, 0.29) is 5.54 Å². The van der Waals surface area contributed by atoms with Crippen molar-refractivity contribution in [2.24, 2.45) is 0 Å². The molecule has 0 spiro atoms. The Morgan fingerprint density at radius 1 is 1.41 bits per heavy atom. The van der Waals surface area contributed by atoms with Crippen molar-refractivity contribution < 1.29 is 0 Å². The first-order chi connectivity index (χ1) is 8.03. The largest absolute Gasteiger partial charge is 0.310 e. The fourth-order valence-electron chi connectivity index (χ4n) is 2.15. The minimum absolute atomic E-state index is 0.0137. The van der Waals surface area contributed by atoms with Gasteiger partial charge in [0.05, 0.1) is 16.2 Å². The predicted molar refractivity (Wildman–Crippen MR) is 73.7 cm³/mol. The van der Waals surface area contributed by atoms with Crippen LogP contribution in [0.1, 0.15) is 43.3 Å². The summed E-state index contributed by atoms with van der Waals surface area (Å²) in [6.07, 6.45) is 2.51. The maximum atomic E-state index is 4.84. The standard InChI is InChI=1S/C13H23N3S/c1-13(2,14-3)11-9-17-12(15-11)10-5-7-16(4)8-6-10/h9-10,14H,5-8H2,1-4H3. The topological polar surface area (TPSA) is 28.2 Å². The Morgan fingerprint density at radius 2 is 2.06 bits per heavy atom. The summed E-state index contributed by atoms with van der Waals surface area (Å²) in [5, 5.41) is 6.86. The normalized spacial score (nSPS) is 19.8. The lowest BCUT2D eigenvalue weighted by molar-refractivity contribution is 0.255. The lowest BCUT2D eigenvalue weighted by Crippen LogP contribution is -2.33. The van der Waals surface area contributed by atoms with Gasteiger partial charge >= 0.3 is 0 Å². The molecule has 0 amide bonds. The molecule has 1 saturated heterocycles. The number of rotatable bonds is 3. The highest BCUT2D eigenvalue weighted by atomic mass is 32.1. The van der Waals surface area contributed by atoms with Crippen molar-refractivity contribution in [2.45, 2.75) is 38.1 Å². The molecule has 2 rings (SSSR count). The number of thiazole rings is 1. The van der Waals surface area contributed by atoms with Gasteiger partial charge < -0.3 is 10.2 Å². The molecule has 2 heterocycles. The van der Waals surface area contributed by atoms with Gasteiger partial charge in [-0.3, -0.25) is 0 Å². The van der Waals surface area contributed by atoms with Crippen molar-refractivity contribution in [3.8, 4) is 0 Å². The van der Waals surface area contributed by atoms with Gasteiger partial charge in [0.25, 0.3) is 0 Å². The average molecular weight is 253 g/mol. The molecule has 17 heavy (non-hydrogen) atoms. The summed E-state index contributed by atoms with van der Waals surface area (Å²) in [5.74, 6) is 0.678. The second-order valence-corrected chi connectivity index (χ2v) is 6.41. The Bertz CT molecular complexity index is 364. The molecular weight excluding hydrogens is 230 g/mol. The summed E-state index contributed by atoms with van der Waals surface area (Å²) in [5.41, 5.74) is 1.17. The van der Waals surface area contributed by atoms with Gasteiger partial charge in [-0.2, -0.15) is 0 Å². The van der Waals surface area contributed by atoms with Crippen LogP contribution >= 0.6 is 11.3 Å². The zero-order chi connectivity index (χ0) is 12.5. The van der Waals surface area contributed by atoms with E-state index in [2.05, 4.69) is 36.5 Å². The van der Waals surface area contributed by atoms with Crippen LogP contribution in [0.2, 0.25) is 0 Å². The van der Waals surface area contributed by atoms with Crippen LogP contribution in [0, 0.1) is 0 Å². The molecule has 0 radical (unpaired) electrons. The van der Waals surface area contributed by atoms with Crippen LogP contribution in [0.3, 0.4) is 0 Å². The second-order valence-electron chi connectivity index (χ2n) is 5.52. The molecule has 1 aromatic heterocycles. The Kier molecular flexibility index (Phi) is 3.85. The Balaban J connectivity index is 2.08. The number of nitrogens with one attached hydrogen (secondary N) is 1. The monoisotopic (exact) mass is 253 g/mol. The van der Waals surface area contributed by atoms with Crippen LogP contribution < -0.4 is 5.32 Å². The highest BCUT2D eigenvalue weighted by molar-refractivity contribution is 7.09. The number of piperidine rings is 1. The van der Waals surface area contributed by atoms with E-state index in [4.69, 9.17) is 4.98 Å². The summed E-state index contributed by atoms with van der Waals surface area (Å²) in [4.78, 5) is 7.24. The number of aromatic nitrogens is 1. The Morgan fingerprint density at radius 3 is 2.65 bits per heavy atom. The molecule has 1 aliphatic rings. The maximum Gasteiger partial charge on any atom is 0.0961 e. The molecule has 96 valence electrons. The van der Waals surface area contributed by atoms with Gasteiger partial charge in [0, 0.05) is 11.3 Å². The third-order valence-corrected chi connectivity index (χ3v) is 4.86. The van der Waals surface area contributed by atoms with E-state index in [1.807, 2.05) is 18.4 Å². The third kappa shape index (κ3) is 2.87. The number of hydrogen-bond acceptors (Lipinski definition) is 4. The van der Waals surface area contributed by atoms with Crippen molar-refractivity contribution in [1.82, 2.24) is 15.2 Å². The molecule has 1 aromatic rings. The molecule has 0 atom stereocenters. The zero-order valence-electron chi connectivity index (χ0n) is 11.3. The molecule has 3 nitrogen and oxygen atoms in total. The van der Waals surface area contributed by atoms with E-state index in [0.29, 0.717) is 5.92 Å². The van der Waals surface area contributed by atoms with E-state index in [0.717, 1.165) is 0 Å². The summed E-state index contributed by atoms with van der Waals surface area (Å²) in [6.45, 7) is 6.77. The molecule has 0 aromatic carbocycles. The third-order valence-electron chi connectivity index (χ3n) is 3.86. The molecule has 4 heteroatoms. The van der Waals surface area contributed by atoms with Gasteiger partial charge in [-0.15, -0.1) is 11.3 Å². The van der Waals surface area contributed by atoms with Crippen molar-refractivity contribution in [2.75, 3.05) is 27.2 Å². The summed E-state index contributed by atoms with van der Waals surface area (Å²) < 4.78 is 0. The molecule has 0 unspecified atom stereocenters. The molecule has 1 aliphatic heterocycles. The Hall–Kier alpha value is -0.450. The van der Waals surface area contributed by atoms with Crippen molar-refractivity contribution in [3.05, 3.63) is 16.1 Å². The van der Waals surface area contributed by atoms with Crippen LogP contribution in [0.15, 0.2) is 5.38 Å². The number of nitrogens with zero attached hydrogens (tertiary/aromatic N) is 2. The lowest BCUT2D eigenvalue weighted by Gasteiger charge is -2.27. The summed E-state index contributed by atoms with van der Waals surface area (Å²) in [7, 11) is 4.20. The Labute approximate surface area is 108 Å².